The van der Waals surface area contributed by atoms with Crippen molar-refractivity contribution in [2.75, 3.05) is 5.32 Å². The molecule has 0 bridgehead atoms. The molecule has 0 spiro atoms. The fourth-order valence-corrected chi connectivity index (χ4v) is 3.16. The van der Waals surface area contributed by atoms with E-state index in [-0.39, 0.29) is 11.2 Å². The maximum Gasteiger partial charge on any atom is 0.238 e. The molecule has 0 radical (unpaired) electrons. The zero-order chi connectivity index (χ0) is 16.4. The van der Waals surface area contributed by atoms with Crippen molar-refractivity contribution >= 4 is 46.0 Å². The van der Waals surface area contributed by atoms with Crippen LogP contribution in [0.1, 0.15) is 12.6 Å². The van der Waals surface area contributed by atoms with Crippen molar-refractivity contribution in [1.82, 2.24) is 15.3 Å². The van der Waals surface area contributed by atoms with Crippen LogP contribution in [0.5, 0.6) is 0 Å². The van der Waals surface area contributed by atoms with Gasteiger partial charge in [0.05, 0.1) is 10.8 Å². The number of pyridine rings is 1. The first-order valence-corrected chi connectivity index (χ1v) is 8.11. The van der Waals surface area contributed by atoms with Crippen LogP contribution in [0.15, 0.2) is 40.0 Å². The summed E-state index contributed by atoms with van der Waals surface area (Å²) in [6.45, 7) is 3.54. The Kier molecular flexibility index (Phi) is 4.49. The Bertz CT molecular complexity index is 868. The van der Waals surface area contributed by atoms with E-state index in [0.717, 1.165) is 15.8 Å². The third kappa shape index (κ3) is 3.46. The lowest BCUT2D eigenvalue weighted by atomic mass is 10.2. The summed E-state index contributed by atoms with van der Waals surface area (Å²) in [5.74, 6) is 0.168. The van der Waals surface area contributed by atoms with Gasteiger partial charge in [0.25, 0.3) is 0 Å². The molecular weight excluding hydrogens is 336 g/mol. The molecule has 0 unspecified atom stereocenters. The number of fused-ring (bicyclic) bond motifs is 1. The highest BCUT2D eigenvalue weighted by atomic mass is 35.5. The van der Waals surface area contributed by atoms with Gasteiger partial charge in [-0.25, -0.2) is 4.63 Å². The van der Waals surface area contributed by atoms with Gasteiger partial charge < -0.3 is 5.32 Å². The number of halogens is 1. The quantitative estimate of drug-likeness (QED) is 0.724. The van der Waals surface area contributed by atoms with Gasteiger partial charge in [0.1, 0.15) is 5.69 Å². The van der Waals surface area contributed by atoms with Crippen molar-refractivity contribution in [1.29, 1.82) is 0 Å². The number of benzene rings is 1. The molecule has 118 valence electrons. The lowest BCUT2D eigenvalue weighted by Crippen LogP contribution is -2.23. The molecule has 0 aliphatic heterocycles. The highest BCUT2D eigenvalue weighted by Crippen LogP contribution is 2.31. The largest absolute Gasteiger partial charge is 0.305 e. The highest BCUT2D eigenvalue weighted by Gasteiger charge is 2.18. The number of hydrogen-bond donors (Lipinski definition) is 1. The summed E-state index contributed by atoms with van der Waals surface area (Å²) in [6, 6.07) is 7.40. The molecule has 8 heteroatoms. The van der Waals surface area contributed by atoms with Gasteiger partial charge in [-0.1, -0.05) is 22.8 Å². The second kappa shape index (κ2) is 6.55. The molecule has 2 heterocycles. The number of thioether (sulfide) groups is 1. The number of aryl methyl sites for hydroxylation is 1. The van der Waals surface area contributed by atoms with Crippen molar-refractivity contribution < 1.29 is 9.42 Å². The summed E-state index contributed by atoms with van der Waals surface area (Å²) < 4.78 is 4.57. The van der Waals surface area contributed by atoms with Gasteiger partial charge in [0.15, 0.2) is 5.82 Å². The number of nitrogens with one attached hydrogen (secondary N) is 1. The van der Waals surface area contributed by atoms with Crippen LogP contribution in [0.2, 0.25) is 5.02 Å². The summed E-state index contributed by atoms with van der Waals surface area (Å²) in [5.41, 5.74) is 1.34. The van der Waals surface area contributed by atoms with Crippen molar-refractivity contribution in [2.45, 2.75) is 24.0 Å². The summed E-state index contributed by atoms with van der Waals surface area (Å²) in [4.78, 5) is 17.5. The summed E-state index contributed by atoms with van der Waals surface area (Å²) >= 11 is 7.43. The molecule has 2 aromatic heterocycles. The molecule has 1 aromatic carbocycles. The Labute approximate surface area is 141 Å². The lowest BCUT2D eigenvalue weighted by molar-refractivity contribution is -0.115. The topological polar surface area (TPSA) is 80.9 Å². The van der Waals surface area contributed by atoms with Crippen molar-refractivity contribution in [3.8, 4) is 0 Å². The second-order valence-corrected chi connectivity index (χ2v) is 6.74. The second-order valence-electron chi connectivity index (χ2n) is 4.92. The standard InChI is InChI=1S/C15H13ClN4O2S/c1-8-14(20-22-19-8)18-15(21)9(2)23-13-5-6-17-12-7-10(16)3-4-11(12)13/h3-7,9H,1-2H3,(H,18,20,21)/t9-/m1/s1. The molecule has 1 N–H and O–H groups in total. The van der Waals surface area contributed by atoms with Gasteiger partial charge in [-0.05, 0) is 37.2 Å². The van der Waals surface area contributed by atoms with E-state index in [4.69, 9.17) is 11.6 Å². The zero-order valence-corrected chi connectivity index (χ0v) is 14.0. The summed E-state index contributed by atoms with van der Waals surface area (Å²) in [6.07, 6.45) is 1.71. The number of anilines is 1. The minimum Gasteiger partial charge on any atom is -0.305 e. The van der Waals surface area contributed by atoms with Gasteiger partial charge in [0.2, 0.25) is 5.91 Å². The molecule has 1 amide bonds. The van der Waals surface area contributed by atoms with E-state index in [0.29, 0.717) is 16.5 Å². The predicted octanol–water partition coefficient (Wildman–Crippen LogP) is 3.70. The molecule has 0 saturated carbocycles. The number of aromatic nitrogens is 3. The van der Waals surface area contributed by atoms with E-state index in [1.807, 2.05) is 25.1 Å². The minimum atomic E-state index is -0.327. The molecule has 3 rings (SSSR count). The minimum absolute atomic E-state index is 0.173. The molecule has 3 aromatic rings. The number of hydrogen-bond acceptors (Lipinski definition) is 6. The SMILES string of the molecule is Cc1nonc1NC(=O)[C@@H](C)Sc1ccnc2cc(Cl)ccc12. The van der Waals surface area contributed by atoms with E-state index < -0.39 is 0 Å². The average molecular weight is 349 g/mol. The van der Waals surface area contributed by atoms with Gasteiger partial charge >= 0.3 is 0 Å². The summed E-state index contributed by atoms with van der Waals surface area (Å²) in [5, 5.41) is 11.3. The Hall–Kier alpha value is -2.12. The molecule has 1 atom stereocenters. The van der Waals surface area contributed by atoms with E-state index in [2.05, 4.69) is 25.2 Å². The van der Waals surface area contributed by atoms with Gasteiger partial charge in [-0.15, -0.1) is 11.8 Å². The van der Waals surface area contributed by atoms with Gasteiger partial charge in [0, 0.05) is 21.5 Å². The molecule has 0 fully saturated rings. The maximum absolute atomic E-state index is 12.3. The van der Waals surface area contributed by atoms with Crippen LogP contribution in [-0.4, -0.2) is 26.5 Å². The molecule has 6 nitrogen and oxygen atoms in total. The van der Waals surface area contributed by atoms with Crippen LogP contribution < -0.4 is 5.32 Å². The Balaban J connectivity index is 1.78. The van der Waals surface area contributed by atoms with Crippen LogP contribution in [0.3, 0.4) is 0 Å². The van der Waals surface area contributed by atoms with Crippen LogP contribution in [0, 0.1) is 6.92 Å². The van der Waals surface area contributed by atoms with Crippen LogP contribution in [0.4, 0.5) is 5.82 Å². The molecular formula is C15H13ClN4O2S. The van der Waals surface area contributed by atoms with Gasteiger partial charge in [-0.3, -0.25) is 9.78 Å². The van der Waals surface area contributed by atoms with E-state index in [1.165, 1.54) is 11.8 Å². The fraction of sp³-hybridized carbons (Fsp3) is 0.200. The normalized spacial score (nSPS) is 12.3. The first-order valence-electron chi connectivity index (χ1n) is 6.85. The zero-order valence-electron chi connectivity index (χ0n) is 12.4. The highest BCUT2D eigenvalue weighted by molar-refractivity contribution is 8.00. The first-order chi connectivity index (χ1) is 11.0. The van der Waals surface area contributed by atoms with Crippen LogP contribution in [-0.2, 0) is 4.79 Å². The number of amides is 1. The maximum atomic E-state index is 12.3. The fourth-order valence-electron chi connectivity index (χ4n) is 2.01. The lowest BCUT2D eigenvalue weighted by Gasteiger charge is -2.12. The molecule has 0 aliphatic rings. The van der Waals surface area contributed by atoms with Crippen molar-refractivity contribution in [3.63, 3.8) is 0 Å². The smallest absolute Gasteiger partial charge is 0.238 e. The number of rotatable bonds is 4. The average Bonchev–Trinajstić information content (AvgIpc) is 2.92. The van der Waals surface area contributed by atoms with Crippen molar-refractivity contribution in [3.05, 3.63) is 41.2 Å². The molecule has 23 heavy (non-hydrogen) atoms. The summed E-state index contributed by atoms with van der Waals surface area (Å²) in [7, 11) is 0. The first kappa shape index (κ1) is 15.8. The predicted molar refractivity (Wildman–Crippen MR) is 89.7 cm³/mol. The Morgan fingerprint density at radius 2 is 2.17 bits per heavy atom. The third-order valence-corrected chi connectivity index (χ3v) is 4.64. The van der Waals surface area contributed by atoms with Crippen LogP contribution in [0.25, 0.3) is 10.9 Å². The Morgan fingerprint density at radius 1 is 1.35 bits per heavy atom. The Morgan fingerprint density at radius 3 is 2.91 bits per heavy atom. The monoisotopic (exact) mass is 348 g/mol. The third-order valence-electron chi connectivity index (χ3n) is 3.23. The van der Waals surface area contributed by atoms with E-state index in [9.17, 15) is 4.79 Å². The van der Waals surface area contributed by atoms with Gasteiger partial charge in [-0.2, -0.15) is 0 Å². The van der Waals surface area contributed by atoms with E-state index >= 15 is 0 Å². The molecule has 0 aliphatic carbocycles. The van der Waals surface area contributed by atoms with E-state index in [1.54, 1.807) is 19.2 Å². The van der Waals surface area contributed by atoms with Crippen LogP contribution >= 0.6 is 23.4 Å². The number of carbonyl (C=O) groups is 1. The number of carbonyl (C=O) groups excluding carboxylic acids is 1. The molecule has 0 saturated heterocycles. The van der Waals surface area contributed by atoms with Crippen molar-refractivity contribution in [2.24, 2.45) is 0 Å². The number of nitrogens with zero attached hydrogens (tertiary/aromatic N) is 3.